The van der Waals surface area contributed by atoms with Gasteiger partial charge in [0.25, 0.3) is 0 Å². The maximum Gasteiger partial charge on any atom is 0.0990 e. The van der Waals surface area contributed by atoms with E-state index in [1.807, 2.05) is 7.05 Å². The molecule has 0 saturated heterocycles. The molecule has 0 bridgehead atoms. The van der Waals surface area contributed by atoms with E-state index in [1.54, 1.807) is 0 Å². The fourth-order valence-electron chi connectivity index (χ4n) is 0.675. The summed E-state index contributed by atoms with van der Waals surface area (Å²) >= 11 is 9.57. The average molecular weight is 255 g/mol. The van der Waals surface area contributed by atoms with Crippen LogP contribution >= 0.6 is 27.5 Å². The Hall–Kier alpha value is 0.470. The predicted molar refractivity (Wildman–Crippen MR) is 59.8 cm³/mol. The lowest BCUT2D eigenvalue weighted by atomic mass is 9.87. The van der Waals surface area contributed by atoms with E-state index in [-0.39, 0.29) is 10.4 Å². The van der Waals surface area contributed by atoms with Gasteiger partial charge in [-0.25, -0.2) is 0 Å². The number of nitrogens with one attached hydrogen (secondary N) is 1. The first-order valence-electron chi connectivity index (χ1n) is 3.98. The highest BCUT2D eigenvalue weighted by Gasteiger charge is 2.19. The SMILES string of the molecule is CNC(Br)/C(Cl)=C(\C)C(C)(C)C. The van der Waals surface area contributed by atoms with Gasteiger partial charge in [-0.15, -0.1) is 0 Å². The van der Waals surface area contributed by atoms with E-state index in [4.69, 9.17) is 11.6 Å². The minimum Gasteiger partial charge on any atom is -0.303 e. The van der Waals surface area contributed by atoms with Crippen molar-refractivity contribution in [2.24, 2.45) is 5.41 Å². The summed E-state index contributed by atoms with van der Waals surface area (Å²) < 4.78 is 0. The van der Waals surface area contributed by atoms with Crippen molar-refractivity contribution in [1.29, 1.82) is 0 Å². The highest BCUT2D eigenvalue weighted by Crippen LogP contribution is 2.31. The van der Waals surface area contributed by atoms with Crippen molar-refractivity contribution in [1.82, 2.24) is 5.32 Å². The highest BCUT2D eigenvalue weighted by molar-refractivity contribution is 9.09. The van der Waals surface area contributed by atoms with Gasteiger partial charge in [0.2, 0.25) is 0 Å². The van der Waals surface area contributed by atoms with Crippen molar-refractivity contribution in [3.63, 3.8) is 0 Å². The fourth-order valence-corrected chi connectivity index (χ4v) is 1.41. The fraction of sp³-hybridized carbons (Fsp3) is 0.778. The highest BCUT2D eigenvalue weighted by atomic mass is 79.9. The van der Waals surface area contributed by atoms with E-state index in [0.717, 1.165) is 5.03 Å². The monoisotopic (exact) mass is 253 g/mol. The Morgan fingerprint density at radius 1 is 1.42 bits per heavy atom. The molecule has 0 radical (unpaired) electrons. The lowest BCUT2D eigenvalue weighted by molar-refractivity contribution is 0.499. The molecule has 0 aliphatic heterocycles. The molecule has 0 spiro atoms. The van der Waals surface area contributed by atoms with Crippen LogP contribution in [0.2, 0.25) is 0 Å². The molecule has 72 valence electrons. The van der Waals surface area contributed by atoms with Crippen LogP contribution in [0.15, 0.2) is 10.6 Å². The Bertz CT molecular complexity index is 181. The molecule has 0 saturated carbocycles. The normalized spacial score (nSPS) is 17.2. The first-order chi connectivity index (χ1) is 5.30. The summed E-state index contributed by atoms with van der Waals surface area (Å²) in [7, 11) is 1.87. The number of hydrogen-bond acceptors (Lipinski definition) is 1. The molecule has 3 heteroatoms. The van der Waals surface area contributed by atoms with Crippen molar-refractivity contribution in [3.05, 3.63) is 10.6 Å². The molecule has 0 aliphatic carbocycles. The molecule has 1 unspecified atom stereocenters. The summed E-state index contributed by atoms with van der Waals surface area (Å²) in [5, 5.41) is 3.90. The second kappa shape index (κ2) is 4.64. The minimum atomic E-state index is 0.0680. The van der Waals surface area contributed by atoms with Crippen LogP contribution in [-0.2, 0) is 0 Å². The first-order valence-corrected chi connectivity index (χ1v) is 5.28. The Morgan fingerprint density at radius 3 is 2.08 bits per heavy atom. The zero-order chi connectivity index (χ0) is 9.94. The topological polar surface area (TPSA) is 12.0 Å². The van der Waals surface area contributed by atoms with E-state index < -0.39 is 0 Å². The summed E-state index contributed by atoms with van der Waals surface area (Å²) in [6.45, 7) is 8.52. The van der Waals surface area contributed by atoms with E-state index >= 15 is 0 Å². The van der Waals surface area contributed by atoms with Gasteiger partial charge in [-0.2, -0.15) is 0 Å². The van der Waals surface area contributed by atoms with Gasteiger partial charge in [0.05, 0.1) is 4.95 Å². The lowest BCUT2D eigenvalue weighted by Crippen LogP contribution is -2.21. The molecule has 0 aromatic carbocycles. The Kier molecular flexibility index (Phi) is 4.82. The lowest BCUT2D eigenvalue weighted by Gasteiger charge is -2.23. The molecule has 0 aliphatic rings. The third-order valence-corrected chi connectivity index (χ3v) is 3.64. The standard InChI is InChI=1S/C9H17BrClN/c1-6(9(2,3)4)7(11)8(10)12-5/h8,12H,1-5H3/b7-6-. The zero-order valence-corrected chi connectivity index (χ0v) is 10.7. The molecule has 0 fully saturated rings. The van der Waals surface area contributed by atoms with Gasteiger partial charge in [0, 0.05) is 5.03 Å². The average Bonchev–Trinajstić information content (AvgIpc) is 1.98. The van der Waals surface area contributed by atoms with Crippen molar-refractivity contribution in [3.8, 4) is 0 Å². The van der Waals surface area contributed by atoms with Crippen LogP contribution in [0.4, 0.5) is 0 Å². The van der Waals surface area contributed by atoms with Crippen LogP contribution in [0, 0.1) is 5.41 Å². The van der Waals surface area contributed by atoms with Gasteiger partial charge in [0.1, 0.15) is 0 Å². The number of rotatable bonds is 2. The molecule has 0 aromatic rings. The molecule has 1 atom stereocenters. The molecule has 12 heavy (non-hydrogen) atoms. The Morgan fingerprint density at radius 2 is 1.83 bits per heavy atom. The maximum atomic E-state index is 6.14. The van der Waals surface area contributed by atoms with Crippen molar-refractivity contribution < 1.29 is 0 Å². The maximum absolute atomic E-state index is 6.14. The number of hydrogen-bond donors (Lipinski definition) is 1. The number of alkyl halides is 1. The second-order valence-corrected chi connectivity index (χ2v) is 5.20. The molecular formula is C9H17BrClN. The molecule has 0 aromatic heterocycles. The van der Waals surface area contributed by atoms with Crippen LogP contribution in [-0.4, -0.2) is 12.0 Å². The quantitative estimate of drug-likeness (QED) is 0.588. The Labute approximate surface area is 88.7 Å². The molecule has 0 rings (SSSR count). The summed E-state index contributed by atoms with van der Waals surface area (Å²) in [6, 6.07) is 0. The van der Waals surface area contributed by atoms with Gasteiger partial charge in [-0.1, -0.05) is 53.9 Å². The largest absolute Gasteiger partial charge is 0.303 e. The van der Waals surface area contributed by atoms with Gasteiger partial charge in [0.15, 0.2) is 0 Å². The summed E-state index contributed by atoms with van der Waals surface area (Å²) in [5.74, 6) is 0. The van der Waals surface area contributed by atoms with Crippen LogP contribution in [0.1, 0.15) is 27.7 Å². The minimum absolute atomic E-state index is 0.0680. The predicted octanol–water partition coefficient (Wildman–Crippen LogP) is 3.49. The van der Waals surface area contributed by atoms with Crippen molar-refractivity contribution in [2.45, 2.75) is 32.6 Å². The van der Waals surface area contributed by atoms with Gasteiger partial charge in [-0.05, 0) is 19.4 Å². The van der Waals surface area contributed by atoms with Crippen molar-refractivity contribution >= 4 is 27.5 Å². The zero-order valence-electron chi connectivity index (χ0n) is 8.33. The third kappa shape index (κ3) is 3.46. The van der Waals surface area contributed by atoms with E-state index in [9.17, 15) is 0 Å². The van der Waals surface area contributed by atoms with Crippen LogP contribution in [0.3, 0.4) is 0 Å². The second-order valence-electron chi connectivity index (χ2n) is 3.87. The Balaban J connectivity index is 4.69. The smallest absolute Gasteiger partial charge is 0.0990 e. The van der Waals surface area contributed by atoms with Gasteiger partial charge < -0.3 is 5.32 Å². The third-order valence-electron chi connectivity index (χ3n) is 1.96. The van der Waals surface area contributed by atoms with Gasteiger partial charge in [-0.3, -0.25) is 0 Å². The van der Waals surface area contributed by atoms with Crippen LogP contribution in [0.25, 0.3) is 0 Å². The van der Waals surface area contributed by atoms with E-state index in [2.05, 4.69) is 48.9 Å². The summed E-state index contributed by atoms with van der Waals surface area (Å²) in [6.07, 6.45) is 0. The van der Waals surface area contributed by atoms with E-state index in [0.29, 0.717) is 0 Å². The van der Waals surface area contributed by atoms with Crippen LogP contribution < -0.4 is 5.32 Å². The molecule has 1 N–H and O–H groups in total. The molecule has 0 amide bonds. The van der Waals surface area contributed by atoms with Crippen molar-refractivity contribution in [2.75, 3.05) is 7.05 Å². The molecule has 1 nitrogen and oxygen atoms in total. The van der Waals surface area contributed by atoms with Crippen LogP contribution in [0.5, 0.6) is 0 Å². The van der Waals surface area contributed by atoms with E-state index in [1.165, 1.54) is 5.57 Å². The first kappa shape index (κ1) is 12.5. The summed E-state index contributed by atoms with van der Waals surface area (Å²) in [4.78, 5) is 0.0680. The molecular weight excluding hydrogens is 237 g/mol. The molecule has 0 heterocycles. The summed E-state index contributed by atoms with van der Waals surface area (Å²) in [5.41, 5.74) is 1.35. The number of likely N-dealkylation sites (N-methyl/N-ethyl adjacent to an activating group) is 1. The van der Waals surface area contributed by atoms with Gasteiger partial charge >= 0.3 is 0 Å². The number of allylic oxidation sites excluding steroid dienone is 1. The number of halogens is 2.